The highest BCUT2D eigenvalue weighted by atomic mass is 16.3. The van der Waals surface area contributed by atoms with Gasteiger partial charge < -0.3 is 0 Å². The van der Waals surface area contributed by atoms with Crippen molar-refractivity contribution in [2.45, 2.75) is 34.1 Å². The maximum atomic E-state index is 5.45. The van der Waals surface area contributed by atoms with Crippen molar-refractivity contribution in [2.24, 2.45) is 0 Å². The van der Waals surface area contributed by atoms with Crippen LogP contribution in [0.25, 0.3) is 0 Å². The Balaban J connectivity index is 3.24. The smallest absolute Gasteiger partial charge is 0.218 e. The van der Waals surface area contributed by atoms with E-state index in [9.17, 15) is 0 Å². The van der Waals surface area contributed by atoms with Crippen LogP contribution in [0.2, 0.25) is 0 Å². The van der Waals surface area contributed by atoms with Gasteiger partial charge in [0.15, 0.2) is 0 Å². The second kappa shape index (κ2) is 3.04. The topological polar surface area (TPSA) is 11.3 Å². The van der Waals surface area contributed by atoms with Crippen molar-refractivity contribution in [2.75, 3.05) is 0 Å². The van der Waals surface area contributed by atoms with Crippen molar-refractivity contribution in [3.63, 3.8) is 0 Å². The molecule has 0 atom stereocenters. The van der Waals surface area contributed by atoms with E-state index in [1.807, 2.05) is 13.8 Å². The lowest BCUT2D eigenvalue weighted by atomic mass is 10.1. The van der Waals surface area contributed by atoms with Gasteiger partial charge in [0.2, 0.25) is 0 Å². The first kappa shape index (κ1) is 8.25. The summed E-state index contributed by atoms with van der Waals surface area (Å²) in [5.41, 5.74) is 2.68. The minimum atomic E-state index is 1.00. The normalized spacial score (nSPS) is 10.2. The molecule has 0 bridgehead atoms. The Hall–Kier alpha value is -0.850. The van der Waals surface area contributed by atoms with Crippen LogP contribution in [0.4, 0.5) is 0 Å². The third-order valence-corrected chi connectivity index (χ3v) is 2.08. The maximum absolute atomic E-state index is 5.45. The third kappa shape index (κ3) is 1.59. The van der Waals surface area contributed by atoms with Crippen LogP contribution in [0.3, 0.4) is 0 Å². The Morgan fingerprint density at radius 1 is 1.27 bits per heavy atom. The average molecular weight is 151 g/mol. The SMILES string of the molecule is CCc1cc(C)[o+]c(C)c1C. The van der Waals surface area contributed by atoms with Crippen molar-refractivity contribution in [1.82, 2.24) is 0 Å². The summed E-state index contributed by atoms with van der Waals surface area (Å²) in [7, 11) is 0. The van der Waals surface area contributed by atoms with E-state index in [1.165, 1.54) is 11.1 Å². The van der Waals surface area contributed by atoms with Crippen molar-refractivity contribution in [1.29, 1.82) is 0 Å². The lowest BCUT2D eigenvalue weighted by Gasteiger charge is -1.97. The summed E-state index contributed by atoms with van der Waals surface area (Å²) in [6, 6.07) is 2.11. The molecule has 0 saturated carbocycles. The van der Waals surface area contributed by atoms with Crippen molar-refractivity contribution in [3.8, 4) is 0 Å². The number of aryl methyl sites for hydroxylation is 3. The fourth-order valence-electron chi connectivity index (χ4n) is 1.29. The zero-order valence-corrected chi connectivity index (χ0v) is 7.69. The van der Waals surface area contributed by atoms with Gasteiger partial charge in [-0.3, -0.25) is 0 Å². The summed E-state index contributed by atoms with van der Waals surface area (Å²) in [5, 5.41) is 0. The van der Waals surface area contributed by atoms with E-state index in [2.05, 4.69) is 19.9 Å². The van der Waals surface area contributed by atoms with Gasteiger partial charge in [0.05, 0.1) is 19.4 Å². The molecule has 0 aliphatic rings. The molecule has 0 fully saturated rings. The lowest BCUT2D eigenvalue weighted by molar-refractivity contribution is 0.479. The molecule has 0 spiro atoms. The molecule has 1 aromatic rings. The summed E-state index contributed by atoms with van der Waals surface area (Å²) >= 11 is 0. The largest absolute Gasteiger partial charge is 0.329 e. The van der Waals surface area contributed by atoms with E-state index < -0.39 is 0 Å². The maximum Gasteiger partial charge on any atom is 0.329 e. The zero-order chi connectivity index (χ0) is 8.43. The standard InChI is InChI=1S/C10H15O/c1-5-10-6-7(2)11-9(4)8(10)3/h6H,5H2,1-4H3/q+1. The third-order valence-electron chi connectivity index (χ3n) is 2.08. The van der Waals surface area contributed by atoms with Gasteiger partial charge in [0.1, 0.15) is 0 Å². The molecule has 0 unspecified atom stereocenters. The average Bonchev–Trinajstić information content (AvgIpc) is 1.96. The minimum absolute atomic E-state index is 1.00. The Morgan fingerprint density at radius 3 is 2.45 bits per heavy atom. The monoisotopic (exact) mass is 151 g/mol. The highest BCUT2D eigenvalue weighted by Crippen LogP contribution is 2.15. The Bertz CT molecular complexity index is 264. The quantitative estimate of drug-likeness (QED) is 0.561. The Morgan fingerprint density at radius 2 is 1.91 bits per heavy atom. The van der Waals surface area contributed by atoms with Gasteiger partial charge in [-0.25, -0.2) is 4.42 Å². The molecule has 1 heteroatoms. The molecule has 0 aliphatic carbocycles. The van der Waals surface area contributed by atoms with E-state index in [-0.39, 0.29) is 0 Å². The molecule has 1 nitrogen and oxygen atoms in total. The highest BCUT2D eigenvalue weighted by molar-refractivity contribution is 5.27. The van der Waals surface area contributed by atoms with Gasteiger partial charge >= 0.3 is 11.5 Å². The van der Waals surface area contributed by atoms with Gasteiger partial charge in [-0.05, 0) is 18.9 Å². The van der Waals surface area contributed by atoms with Gasteiger partial charge in [0, 0.05) is 6.07 Å². The lowest BCUT2D eigenvalue weighted by Crippen LogP contribution is -1.91. The zero-order valence-electron chi connectivity index (χ0n) is 7.69. The second-order valence-corrected chi connectivity index (χ2v) is 2.92. The molecule has 0 aromatic carbocycles. The Kier molecular flexibility index (Phi) is 2.28. The molecule has 0 N–H and O–H groups in total. The highest BCUT2D eigenvalue weighted by Gasteiger charge is 2.12. The van der Waals surface area contributed by atoms with E-state index in [1.54, 1.807) is 0 Å². The summed E-state index contributed by atoms with van der Waals surface area (Å²) in [6.07, 6.45) is 1.09. The van der Waals surface area contributed by atoms with Crippen LogP contribution in [0.1, 0.15) is 29.6 Å². The van der Waals surface area contributed by atoms with Crippen molar-refractivity contribution in [3.05, 3.63) is 28.7 Å². The molecule has 1 rings (SSSR count). The van der Waals surface area contributed by atoms with Gasteiger partial charge in [-0.2, -0.15) is 0 Å². The van der Waals surface area contributed by atoms with Crippen LogP contribution in [-0.4, -0.2) is 0 Å². The van der Waals surface area contributed by atoms with Crippen LogP contribution < -0.4 is 0 Å². The molecule has 11 heavy (non-hydrogen) atoms. The van der Waals surface area contributed by atoms with E-state index in [4.69, 9.17) is 4.42 Å². The van der Waals surface area contributed by atoms with Crippen molar-refractivity contribution >= 4 is 0 Å². The number of hydrogen-bond donors (Lipinski definition) is 0. The fraction of sp³-hybridized carbons (Fsp3) is 0.500. The predicted molar refractivity (Wildman–Crippen MR) is 46.7 cm³/mol. The molecule has 60 valence electrons. The van der Waals surface area contributed by atoms with Gasteiger partial charge in [0.25, 0.3) is 0 Å². The van der Waals surface area contributed by atoms with Crippen LogP contribution in [-0.2, 0) is 6.42 Å². The summed E-state index contributed by atoms with van der Waals surface area (Å²) in [5.74, 6) is 2.05. The first-order valence-corrected chi connectivity index (χ1v) is 4.05. The molecule has 1 aromatic heterocycles. The molecular weight excluding hydrogens is 136 g/mol. The second-order valence-electron chi connectivity index (χ2n) is 2.92. The number of hydrogen-bond acceptors (Lipinski definition) is 0. The van der Waals surface area contributed by atoms with E-state index in [0.717, 1.165) is 17.9 Å². The molecular formula is C10H15O+. The number of rotatable bonds is 1. The summed E-state index contributed by atoms with van der Waals surface area (Å²) in [6.45, 7) is 8.28. The van der Waals surface area contributed by atoms with Gasteiger partial charge in [-0.15, -0.1) is 0 Å². The van der Waals surface area contributed by atoms with Crippen molar-refractivity contribution < 1.29 is 4.42 Å². The molecule has 0 saturated heterocycles. The molecule has 0 aliphatic heterocycles. The molecule has 1 heterocycles. The fourth-order valence-corrected chi connectivity index (χ4v) is 1.29. The van der Waals surface area contributed by atoms with Gasteiger partial charge in [-0.1, -0.05) is 6.92 Å². The summed E-state index contributed by atoms with van der Waals surface area (Å²) < 4.78 is 5.45. The van der Waals surface area contributed by atoms with Crippen LogP contribution >= 0.6 is 0 Å². The van der Waals surface area contributed by atoms with E-state index >= 15 is 0 Å². The summed E-state index contributed by atoms with van der Waals surface area (Å²) in [4.78, 5) is 0. The Labute approximate surface area is 68.1 Å². The first-order valence-electron chi connectivity index (χ1n) is 4.05. The molecule has 0 radical (unpaired) electrons. The van der Waals surface area contributed by atoms with Crippen LogP contribution in [0, 0.1) is 20.8 Å². The molecule has 0 amide bonds. The van der Waals surface area contributed by atoms with Crippen LogP contribution in [0.15, 0.2) is 10.5 Å². The van der Waals surface area contributed by atoms with Crippen LogP contribution in [0.5, 0.6) is 0 Å². The predicted octanol–water partition coefficient (Wildman–Crippen LogP) is 3.05. The van der Waals surface area contributed by atoms with E-state index in [0.29, 0.717) is 0 Å². The minimum Gasteiger partial charge on any atom is -0.218 e. The first-order chi connectivity index (χ1) is 5.15.